The Balaban J connectivity index is 1.19. The number of aromatic nitrogens is 1. The van der Waals surface area contributed by atoms with Gasteiger partial charge in [-0.3, -0.25) is 10.2 Å². The van der Waals surface area contributed by atoms with Crippen molar-refractivity contribution in [1.29, 1.82) is 5.41 Å². The molecular weight excluding hydrogens is 526 g/mol. The van der Waals surface area contributed by atoms with Crippen molar-refractivity contribution < 1.29 is 9.53 Å². The van der Waals surface area contributed by atoms with Crippen LogP contribution in [-0.2, 0) is 17.1 Å². The summed E-state index contributed by atoms with van der Waals surface area (Å²) in [7, 11) is 0. The van der Waals surface area contributed by atoms with Crippen LogP contribution in [0.2, 0.25) is 0 Å². The van der Waals surface area contributed by atoms with Crippen molar-refractivity contribution >= 4 is 61.8 Å². The van der Waals surface area contributed by atoms with Crippen molar-refractivity contribution in [3.63, 3.8) is 0 Å². The van der Waals surface area contributed by atoms with Crippen LogP contribution < -0.4 is 4.74 Å². The van der Waals surface area contributed by atoms with E-state index in [1.807, 2.05) is 72.9 Å². The van der Waals surface area contributed by atoms with E-state index in [2.05, 4.69) is 32.9 Å². The zero-order chi connectivity index (χ0) is 26.6. The molecule has 9 heteroatoms. The van der Waals surface area contributed by atoms with E-state index in [0.29, 0.717) is 11.8 Å². The summed E-state index contributed by atoms with van der Waals surface area (Å²) < 4.78 is 8.79. The minimum absolute atomic E-state index is 0.0425. The molecule has 2 aliphatic rings. The minimum Gasteiger partial charge on any atom is -0.494 e. The third-order valence-electron chi connectivity index (χ3n) is 6.32. The molecule has 1 aromatic heterocycles. The SMILES string of the molecule is N=C1/C(=C/c2cn(CCCOc3ccccc3)c3ccccc23)C(=O)N=C2SC(SCc3ccccc3)=NN12. The predicted octanol–water partition coefficient (Wildman–Crippen LogP) is 6.62. The molecule has 0 bridgehead atoms. The molecule has 1 amide bonds. The van der Waals surface area contributed by atoms with E-state index >= 15 is 0 Å². The van der Waals surface area contributed by atoms with Crippen molar-refractivity contribution in [3.05, 3.63) is 108 Å². The second-order valence-electron chi connectivity index (χ2n) is 8.97. The summed E-state index contributed by atoms with van der Waals surface area (Å²) in [5, 5.41) is 16.3. The molecule has 0 aliphatic carbocycles. The predicted molar refractivity (Wildman–Crippen MR) is 161 cm³/mol. The van der Waals surface area contributed by atoms with Crippen molar-refractivity contribution in [1.82, 2.24) is 9.58 Å². The van der Waals surface area contributed by atoms with Crippen molar-refractivity contribution in [2.75, 3.05) is 6.61 Å². The van der Waals surface area contributed by atoms with Crippen LogP contribution >= 0.6 is 23.5 Å². The molecule has 0 saturated carbocycles. The maximum Gasteiger partial charge on any atom is 0.283 e. The number of para-hydroxylation sites is 2. The van der Waals surface area contributed by atoms with Gasteiger partial charge < -0.3 is 9.30 Å². The molecule has 0 fully saturated rings. The number of ether oxygens (including phenoxy) is 1. The highest BCUT2D eigenvalue weighted by molar-refractivity contribution is 8.45. The van der Waals surface area contributed by atoms with Crippen LogP contribution in [0, 0.1) is 5.41 Å². The Hall–Kier alpha value is -4.08. The average Bonchev–Trinajstić information content (AvgIpc) is 3.54. The largest absolute Gasteiger partial charge is 0.494 e. The highest BCUT2D eigenvalue weighted by Gasteiger charge is 2.36. The van der Waals surface area contributed by atoms with Gasteiger partial charge in [0.2, 0.25) is 5.17 Å². The Bertz CT molecular complexity index is 1630. The fourth-order valence-electron chi connectivity index (χ4n) is 4.42. The number of hydrazone groups is 1. The Morgan fingerprint density at radius 1 is 0.974 bits per heavy atom. The number of thioether (sulfide) groups is 2. The maximum absolute atomic E-state index is 13.0. The molecule has 0 atom stereocenters. The molecule has 0 unspecified atom stereocenters. The number of nitrogens with one attached hydrogen (secondary N) is 1. The molecule has 0 spiro atoms. The van der Waals surface area contributed by atoms with Gasteiger partial charge in [-0.15, -0.1) is 5.10 Å². The lowest BCUT2D eigenvalue weighted by Gasteiger charge is -2.20. The van der Waals surface area contributed by atoms with Crippen LogP contribution in [0.15, 0.2) is 107 Å². The minimum atomic E-state index is -0.420. The first-order chi connectivity index (χ1) is 19.2. The number of amidine groups is 2. The number of aliphatic imine (C=N–C) groups is 1. The first kappa shape index (κ1) is 25.2. The standard InChI is InChI=1S/C30H25N5O2S2/c31-27-25(28(36)32-29-35(27)33-30(39-29)38-20-21-10-3-1-4-11-21)18-22-19-34(26-15-8-7-14-24(22)26)16-9-17-37-23-12-5-2-6-13-23/h1-8,10-15,18-19,31H,9,16-17,20H2/b25-18-,31-27?. The number of fused-ring (bicyclic) bond motifs is 2. The number of hydrogen-bond acceptors (Lipinski definition) is 6. The molecule has 1 N–H and O–H groups in total. The van der Waals surface area contributed by atoms with Crippen molar-refractivity contribution in [2.45, 2.75) is 18.7 Å². The molecule has 6 rings (SSSR count). The lowest BCUT2D eigenvalue weighted by molar-refractivity contribution is -0.114. The van der Waals surface area contributed by atoms with Crippen LogP contribution in [0.3, 0.4) is 0 Å². The van der Waals surface area contributed by atoms with E-state index in [1.165, 1.54) is 22.3 Å². The number of aryl methyl sites for hydroxylation is 1. The monoisotopic (exact) mass is 551 g/mol. The fraction of sp³-hybridized carbons (Fsp3) is 0.133. The van der Waals surface area contributed by atoms with Crippen LogP contribution in [-0.4, -0.2) is 37.5 Å². The third-order valence-corrected chi connectivity index (χ3v) is 8.43. The summed E-state index contributed by atoms with van der Waals surface area (Å²) >= 11 is 2.90. The molecule has 39 heavy (non-hydrogen) atoms. The number of nitrogens with zero attached hydrogens (tertiary/aromatic N) is 4. The van der Waals surface area contributed by atoms with E-state index in [4.69, 9.17) is 10.1 Å². The summed E-state index contributed by atoms with van der Waals surface area (Å²) in [6.45, 7) is 1.36. The Labute approximate surface area is 234 Å². The third kappa shape index (κ3) is 5.55. The van der Waals surface area contributed by atoms with Crippen molar-refractivity contribution in [3.8, 4) is 5.75 Å². The summed E-state index contributed by atoms with van der Waals surface area (Å²) in [6.07, 6.45) is 4.62. The first-order valence-corrected chi connectivity index (χ1v) is 14.4. The number of hydrogen-bond donors (Lipinski definition) is 1. The number of carbonyl (C=O) groups excluding carboxylic acids is 1. The molecular formula is C30H25N5O2S2. The normalized spacial score (nSPS) is 16.0. The number of benzene rings is 3. The van der Waals surface area contributed by atoms with Crippen LogP contribution in [0.5, 0.6) is 5.75 Å². The molecule has 3 aromatic carbocycles. The number of rotatable bonds is 8. The Morgan fingerprint density at radius 3 is 2.54 bits per heavy atom. The van der Waals surface area contributed by atoms with Gasteiger partial charge in [-0.1, -0.05) is 78.5 Å². The van der Waals surface area contributed by atoms with E-state index in [0.717, 1.165) is 45.3 Å². The lowest BCUT2D eigenvalue weighted by Crippen LogP contribution is -2.35. The number of carbonyl (C=O) groups is 1. The number of amides is 1. The van der Waals surface area contributed by atoms with E-state index < -0.39 is 5.91 Å². The van der Waals surface area contributed by atoms with Gasteiger partial charge in [0.05, 0.1) is 12.2 Å². The first-order valence-electron chi connectivity index (χ1n) is 12.6. The second kappa shape index (κ2) is 11.3. The highest BCUT2D eigenvalue weighted by Crippen LogP contribution is 2.34. The van der Waals surface area contributed by atoms with Gasteiger partial charge in [0, 0.05) is 35.0 Å². The zero-order valence-electron chi connectivity index (χ0n) is 21.0. The summed E-state index contributed by atoms with van der Waals surface area (Å²) in [6, 6.07) is 28.0. The topological polar surface area (TPSA) is 83.0 Å². The van der Waals surface area contributed by atoms with E-state index in [1.54, 1.807) is 17.8 Å². The average molecular weight is 552 g/mol. The van der Waals surface area contributed by atoms with E-state index in [9.17, 15) is 4.79 Å². The molecule has 0 radical (unpaired) electrons. The maximum atomic E-state index is 13.0. The van der Waals surface area contributed by atoms with Crippen LogP contribution in [0.25, 0.3) is 17.0 Å². The van der Waals surface area contributed by atoms with Crippen LogP contribution in [0.4, 0.5) is 0 Å². The van der Waals surface area contributed by atoms with Crippen molar-refractivity contribution in [2.24, 2.45) is 10.1 Å². The van der Waals surface area contributed by atoms with Gasteiger partial charge >= 0.3 is 0 Å². The Morgan fingerprint density at radius 2 is 1.72 bits per heavy atom. The van der Waals surface area contributed by atoms with Gasteiger partial charge in [0.15, 0.2) is 10.2 Å². The quantitative estimate of drug-likeness (QED) is 0.197. The molecule has 3 heterocycles. The summed E-state index contributed by atoms with van der Waals surface area (Å²) in [5.74, 6) is 1.24. The molecule has 4 aromatic rings. The summed E-state index contributed by atoms with van der Waals surface area (Å²) in [5.41, 5.74) is 3.35. The molecule has 0 saturated heterocycles. The fourth-order valence-corrected chi connectivity index (χ4v) is 6.31. The summed E-state index contributed by atoms with van der Waals surface area (Å²) in [4.78, 5) is 17.3. The smallest absolute Gasteiger partial charge is 0.283 e. The Kier molecular flexibility index (Phi) is 7.33. The van der Waals surface area contributed by atoms with E-state index in [-0.39, 0.29) is 11.4 Å². The van der Waals surface area contributed by atoms with Gasteiger partial charge in [0.25, 0.3) is 5.91 Å². The van der Waals surface area contributed by atoms with Gasteiger partial charge in [-0.05, 0) is 48.0 Å². The highest BCUT2D eigenvalue weighted by atomic mass is 32.2. The van der Waals surface area contributed by atoms with Gasteiger partial charge in [-0.25, -0.2) is 0 Å². The zero-order valence-corrected chi connectivity index (χ0v) is 22.6. The van der Waals surface area contributed by atoms with Gasteiger partial charge in [-0.2, -0.15) is 10.0 Å². The van der Waals surface area contributed by atoms with Gasteiger partial charge in [0.1, 0.15) is 5.75 Å². The second-order valence-corrected chi connectivity index (χ2v) is 11.1. The van der Waals surface area contributed by atoms with Crippen LogP contribution in [0.1, 0.15) is 17.5 Å². The molecule has 194 valence electrons. The molecule has 2 aliphatic heterocycles. The lowest BCUT2D eigenvalue weighted by atomic mass is 10.1. The molecule has 7 nitrogen and oxygen atoms in total.